The van der Waals surface area contributed by atoms with Gasteiger partial charge in [0.05, 0.1) is 23.9 Å². The zero-order chi connectivity index (χ0) is 45.5. The SMILES string of the molecule is COc1ccc2nc(C(F)(F)F)c3c(c2c1)C(N1CC(F)C1)CC1(CC2C(=O)NC4(C(=O)NS(=O)(=O)C5(C)CC5)CC4C=CCCCCCC(NC(=O)OC(C)(C)C)C(=O)N2C1)O3. The molecule has 20 heteroatoms. The molecule has 2 saturated carbocycles. The number of hydrogen-bond acceptors (Lipinski definition) is 11. The fourth-order valence-electron chi connectivity index (χ4n) is 9.39. The van der Waals surface area contributed by atoms with Crippen molar-refractivity contribution in [1.29, 1.82) is 0 Å². The second-order valence-corrected chi connectivity index (χ2v) is 21.4. The molecule has 4 amide bonds. The van der Waals surface area contributed by atoms with Crippen LogP contribution < -0.4 is 24.8 Å². The van der Waals surface area contributed by atoms with Gasteiger partial charge in [0.25, 0.3) is 5.91 Å². The molecule has 3 N–H and O–H groups in total. The first-order chi connectivity index (χ1) is 29.5. The second kappa shape index (κ2) is 15.8. The van der Waals surface area contributed by atoms with Crippen molar-refractivity contribution in [2.45, 2.75) is 144 Å². The van der Waals surface area contributed by atoms with E-state index in [-0.39, 0.29) is 49.9 Å². The van der Waals surface area contributed by atoms with Gasteiger partial charge in [-0.1, -0.05) is 25.0 Å². The van der Waals surface area contributed by atoms with E-state index in [0.29, 0.717) is 49.7 Å². The number of ether oxygens (including phenoxy) is 3. The highest BCUT2D eigenvalue weighted by atomic mass is 32.2. The normalized spacial score (nSPS) is 30.1. The van der Waals surface area contributed by atoms with E-state index < -0.39 is 110 Å². The summed E-state index contributed by atoms with van der Waals surface area (Å²) in [7, 11) is -2.73. The van der Waals surface area contributed by atoms with Gasteiger partial charge in [-0.25, -0.2) is 22.6 Å². The number of methoxy groups -OCH3 is 1. The number of hydrogen-bond donors (Lipinski definition) is 3. The lowest BCUT2D eigenvalue weighted by Gasteiger charge is -2.48. The van der Waals surface area contributed by atoms with Crippen LogP contribution in [0.25, 0.3) is 10.9 Å². The molecule has 6 atom stereocenters. The van der Waals surface area contributed by atoms with Crippen molar-refractivity contribution >= 4 is 44.7 Å². The number of benzene rings is 1. The Bertz CT molecular complexity index is 2350. The third kappa shape index (κ3) is 8.65. The number of rotatable bonds is 6. The number of likely N-dealkylation sites (tertiary alicyclic amines) is 1. The van der Waals surface area contributed by atoms with Gasteiger partial charge in [0.1, 0.15) is 40.7 Å². The summed E-state index contributed by atoms with van der Waals surface area (Å²) in [6.45, 7) is 5.83. The Morgan fingerprint density at radius 3 is 2.40 bits per heavy atom. The smallest absolute Gasteiger partial charge is 0.437 e. The number of aromatic nitrogens is 1. The number of alkyl carbamates (subject to hydrolysis) is 1. The van der Waals surface area contributed by atoms with Gasteiger partial charge < -0.3 is 29.7 Å². The van der Waals surface area contributed by atoms with E-state index in [1.807, 2.05) is 6.08 Å². The predicted molar refractivity (Wildman–Crippen MR) is 220 cm³/mol. The molecule has 6 aliphatic rings. The lowest BCUT2D eigenvalue weighted by molar-refractivity contribution is -0.145. The van der Waals surface area contributed by atoms with Gasteiger partial charge >= 0.3 is 12.3 Å². The highest BCUT2D eigenvalue weighted by Gasteiger charge is 2.64. The molecule has 63 heavy (non-hydrogen) atoms. The van der Waals surface area contributed by atoms with Crippen molar-refractivity contribution in [3.8, 4) is 11.5 Å². The summed E-state index contributed by atoms with van der Waals surface area (Å²) in [5.41, 5.74) is -5.60. The number of amides is 4. The zero-order valence-electron chi connectivity index (χ0n) is 35.9. The average Bonchev–Trinajstić information content (AvgIpc) is 4.08. The summed E-state index contributed by atoms with van der Waals surface area (Å²) >= 11 is 0. The Hall–Kier alpha value is -4.72. The van der Waals surface area contributed by atoms with Crippen molar-refractivity contribution in [2.24, 2.45) is 5.92 Å². The molecule has 1 spiro atoms. The maximum absolute atomic E-state index is 15.1. The lowest BCUT2D eigenvalue weighted by atomic mass is 9.81. The van der Waals surface area contributed by atoms with Crippen LogP contribution in [0.2, 0.25) is 0 Å². The van der Waals surface area contributed by atoms with Gasteiger partial charge in [-0.15, -0.1) is 0 Å². The maximum Gasteiger partial charge on any atom is 0.437 e. The van der Waals surface area contributed by atoms with Crippen LogP contribution in [0, 0.1) is 5.92 Å². The van der Waals surface area contributed by atoms with Crippen LogP contribution in [0.5, 0.6) is 11.5 Å². The first kappa shape index (κ1) is 44.9. The average molecular weight is 907 g/mol. The van der Waals surface area contributed by atoms with Crippen molar-refractivity contribution in [3.05, 3.63) is 41.6 Å². The van der Waals surface area contributed by atoms with E-state index in [2.05, 4.69) is 20.3 Å². The van der Waals surface area contributed by atoms with Gasteiger partial charge in [-0.05, 0) is 84.4 Å². The van der Waals surface area contributed by atoms with E-state index in [4.69, 9.17) is 14.2 Å². The van der Waals surface area contributed by atoms with Gasteiger partial charge in [-0.2, -0.15) is 13.2 Å². The fraction of sp³-hybridized carbons (Fsp3) is 0.651. The number of sulfonamides is 1. The Morgan fingerprint density at radius 1 is 1.03 bits per heavy atom. The van der Waals surface area contributed by atoms with Gasteiger partial charge in [0, 0.05) is 48.8 Å². The zero-order valence-corrected chi connectivity index (χ0v) is 36.7. The number of nitrogens with zero attached hydrogens (tertiary/aromatic N) is 3. The van der Waals surface area contributed by atoms with Crippen LogP contribution in [0.4, 0.5) is 22.4 Å². The van der Waals surface area contributed by atoms with E-state index in [1.54, 1.807) is 37.8 Å². The standard InChI is InChI=1S/C43H54F4N6O9S/c1-39(2,3)62-38(57)49-29-12-10-8-6-7-9-11-24-18-42(24,37(56)51-63(58,59)40(4)15-16-40)50-35(54)31-20-41(23-53(31)36(29)55)19-30(52-21-25(44)22-52)32-27-17-26(60-5)13-14-28(27)48-34(33(32)61-41)43(45,46)47/h9,11,13-14,17,24-25,29-31H,6-8,10,12,15-16,18-23H2,1-5H3,(H,49,57)(H,50,54)(H,51,56). The monoisotopic (exact) mass is 906 g/mol. The molecule has 1 aromatic heterocycles. The molecular formula is C43H54F4N6O9S. The highest BCUT2D eigenvalue weighted by molar-refractivity contribution is 7.91. The third-order valence-electron chi connectivity index (χ3n) is 13.3. The number of nitrogens with one attached hydrogen (secondary N) is 3. The Labute approximate surface area is 363 Å². The van der Waals surface area contributed by atoms with E-state index >= 15 is 13.2 Å². The molecule has 2 saturated heterocycles. The summed E-state index contributed by atoms with van der Waals surface area (Å²) in [6.07, 6.45) is -0.826. The number of fused-ring (bicyclic) bond motifs is 5. The second-order valence-electron chi connectivity index (χ2n) is 19.2. The summed E-state index contributed by atoms with van der Waals surface area (Å²) in [5.74, 6) is -3.45. The van der Waals surface area contributed by atoms with Crippen LogP contribution in [-0.2, 0) is 35.3 Å². The minimum atomic E-state index is -5.04. The van der Waals surface area contributed by atoms with Gasteiger partial charge in [0.15, 0.2) is 11.4 Å². The van der Waals surface area contributed by atoms with Gasteiger partial charge in [-0.3, -0.25) is 24.0 Å². The quantitative estimate of drug-likeness (QED) is 0.250. The first-order valence-electron chi connectivity index (χ1n) is 21.5. The van der Waals surface area contributed by atoms with Crippen molar-refractivity contribution in [3.63, 3.8) is 0 Å². The molecule has 344 valence electrons. The molecule has 2 aliphatic carbocycles. The van der Waals surface area contributed by atoms with E-state index in [1.165, 1.54) is 31.1 Å². The topological polar surface area (TPSA) is 186 Å². The number of halogens is 4. The number of carbonyl (C=O) groups is 4. The van der Waals surface area contributed by atoms with Crippen molar-refractivity contribution in [2.75, 3.05) is 26.7 Å². The van der Waals surface area contributed by atoms with Crippen LogP contribution in [0.15, 0.2) is 30.4 Å². The fourth-order valence-corrected chi connectivity index (χ4v) is 10.7. The van der Waals surface area contributed by atoms with Crippen LogP contribution >= 0.6 is 0 Å². The molecule has 4 fully saturated rings. The Morgan fingerprint density at radius 2 is 1.75 bits per heavy atom. The largest absolute Gasteiger partial charge is 0.497 e. The molecule has 0 bridgehead atoms. The van der Waals surface area contributed by atoms with E-state index in [9.17, 15) is 32.0 Å². The number of alkyl halides is 4. The molecule has 15 nitrogen and oxygen atoms in total. The highest BCUT2D eigenvalue weighted by Crippen LogP contribution is 2.55. The maximum atomic E-state index is 15.1. The number of carbonyl (C=O) groups excluding carboxylic acids is 4. The molecule has 6 unspecified atom stereocenters. The van der Waals surface area contributed by atoms with Crippen molar-refractivity contribution in [1.82, 2.24) is 30.1 Å². The lowest BCUT2D eigenvalue weighted by Crippen LogP contribution is -2.58. The number of allylic oxidation sites excluding steroid dienone is 1. The molecule has 5 heterocycles. The Balaban J connectivity index is 1.22. The van der Waals surface area contributed by atoms with Crippen LogP contribution in [0.1, 0.15) is 109 Å². The summed E-state index contributed by atoms with van der Waals surface area (Å²) in [4.78, 5) is 64.0. The summed E-state index contributed by atoms with van der Waals surface area (Å²) in [6, 6.07) is 0.768. The molecule has 1 aromatic carbocycles. The first-order valence-corrected chi connectivity index (χ1v) is 23.0. The number of pyridine rings is 1. The molecule has 2 aromatic rings. The molecule has 4 aliphatic heterocycles. The predicted octanol–water partition coefficient (Wildman–Crippen LogP) is 5.37. The minimum absolute atomic E-state index is 0.00255. The Kier molecular flexibility index (Phi) is 11.2. The molecule has 8 rings (SSSR count). The van der Waals surface area contributed by atoms with Crippen LogP contribution in [-0.4, -0.2) is 114 Å². The summed E-state index contributed by atoms with van der Waals surface area (Å²) < 4.78 is 105. The van der Waals surface area contributed by atoms with E-state index in [0.717, 1.165) is 0 Å². The summed E-state index contributed by atoms with van der Waals surface area (Å²) in [5, 5.41) is 5.74. The molecular weight excluding hydrogens is 853 g/mol. The van der Waals surface area contributed by atoms with Crippen molar-refractivity contribution < 1.29 is 59.4 Å². The minimum Gasteiger partial charge on any atom is -0.497 e. The third-order valence-corrected chi connectivity index (χ3v) is 15.4. The molecule has 0 radical (unpaired) electrons. The van der Waals surface area contributed by atoms with Gasteiger partial charge in [0.2, 0.25) is 21.8 Å². The van der Waals surface area contributed by atoms with Crippen LogP contribution in [0.3, 0.4) is 0 Å².